The number of rotatable bonds is 4. The molecular formula is C13H12N4O4S2. The number of thioether (sulfide) groups is 1. The minimum Gasteiger partial charge on any atom is -0.505 e. The van der Waals surface area contributed by atoms with Gasteiger partial charge >= 0.3 is 0 Å². The van der Waals surface area contributed by atoms with Gasteiger partial charge in [-0.1, -0.05) is 23.1 Å². The standard InChI is InChI=1S/C13H12N4O4S2/c1-21-6-3-8(18)10(9(19)4-6)15-11(20)7-5-17-12(14-7)23-13(16-17)22-2/h3-5,18-19H,1-2H3,(H,15,20). The van der Waals surface area contributed by atoms with Crippen molar-refractivity contribution in [1.82, 2.24) is 14.6 Å². The van der Waals surface area contributed by atoms with E-state index in [4.69, 9.17) is 4.74 Å². The molecule has 8 nitrogen and oxygen atoms in total. The summed E-state index contributed by atoms with van der Waals surface area (Å²) in [6, 6.07) is 2.57. The van der Waals surface area contributed by atoms with Crippen molar-refractivity contribution >= 4 is 39.7 Å². The smallest absolute Gasteiger partial charge is 0.276 e. The topological polar surface area (TPSA) is 109 Å². The van der Waals surface area contributed by atoms with Gasteiger partial charge in [-0.15, -0.1) is 5.10 Å². The first-order chi connectivity index (χ1) is 11.0. The fourth-order valence-electron chi connectivity index (χ4n) is 1.88. The van der Waals surface area contributed by atoms with Crippen LogP contribution in [-0.4, -0.2) is 44.1 Å². The zero-order chi connectivity index (χ0) is 16.6. The van der Waals surface area contributed by atoms with Crippen LogP contribution in [0.25, 0.3) is 4.96 Å². The Kier molecular flexibility index (Phi) is 4.01. The normalized spacial score (nSPS) is 10.9. The Morgan fingerprint density at radius 3 is 2.65 bits per heavy atom. The molecule has 3 rings (SSSR count). The third-order valence-corrected chi connectivity index (χ3v) is 4.87. The van der Waals surface area contributed by atoms with E-state index in [2.05, 4.69) is 15.4 Å². The van der Waals surface area contributed by atoms with Crippen molar-refractivity contribution in [3.8, 4) is 17.2 Å². The first-order valence-electron chi connectivity index (χ1n) is 6.33. The number of nitrogens with zero attached hydrogens (tertiary/aromatic N) is 3. The van der Waals surface area contributed by atoms with Gasteiger partial charge in [0, 0.05) is 12.1 Å². The van der Waals surface area contributed by atoms with Crippen LogP contribution in [0.3, 0.4) is 0 Å². The Bertz CT molecular complexity index is 835. The molecule has 1 amide bonds. The number of hydrogen-bond acceptors (Lipinski definition) is 8. The predicted octanol–water partition coefficient (Wildman–Crippen LogP) is 2.18. The highest BCUT2D eigenvalue weighted by atomic mass is 32.2. The number of nitrogens with one attached hydrogen (secondary N) is 1. The van der Waals surface area contributed by atoms with Crippen LogP contribution in [0.5, 0.6) is 17.2 Å². The van der Waals surface area contributed by atoms with Crippen molar-refractivity contribution in [1.29, 1.82) is 0 Å². The number of fused-ring (bicyclic) bond motifs is 1. The average Bonchev–Trinajstić information content (AvgIpc) is 3.08. The van der Waals surface area contributed by atoms with Crippen LogP contribution in [0.2, 0.25) is 0 Å². The van der Waals surface area contributed by atoms with E-state index < -0.39 is 5.91 Å². The minimum atomic E-state index is -0.566. The number of aromatic nitrogens is 3. The van der Waals surface area contributed by atoms with Gasteiger partial charge in [-0.25, -0.2) is 9.50 Å². The molecule has 0 saturated heterocycles. The second kappa shape index (κ2) is 5.97. The average molecular weight is 352 g/mol. The number of methoxy groups -OCH3 is 1. The molecule has 0 radical (unpaired) electrons. The van der Waals surface area contributed by atoms with E-state index >= 15 is 0 Å². The maximum atomic E-state index is 12.2. The molecule has 3 aromatic rings. The molecule has 0 aliphatic carbocycles. The van der Waals surface area contributed by atoms with Crippen molar-refractivity contribution in [3.05, 3.63) is 24.0 Å². The van der Waals surface area contributed by atoms with Gasteiger partial charge in [0.05, 0.1) is 13.3 Å². The van der Waals surface area contributed by atoms with Crippen molar-refractivity contribution < 1.29 is 19.7 Å². The van der Waals surface area contributed by atoms with E-state index in [1.54, 1.807) is 0 Å². The van der Waals surface area contributed by atoms with Gasteiger partial charge in [-0.2, -0.15) is 0 Å². The monoisotopic (exact) mass is 352 g/mol. The first-order valence-corrected chi connectivity index (χ1v) is 8.37. The fourth-order valence-corrected chi connectivity index (χ4v) is 3.23. The lowest BCUT2D eigenvalue weighted by molar-refractivity contribution is 0.102. The van der Waals surface area contributed by atoms with Gasteiger partial charge in [-0.05, 0) is 6.26 Å². The molecule has 0 fully saturated rings. The lowest BCUT2D eigenvalue weighted by Crippen LogP contribution is -2.12. The zero-order valence-electron chi connectivity index (χ0n) is 12.1. The van der Waals surface area contributed by atoms with Gasteiger partial charge in [0.1, 0.15) is 28.6 Å². The second-order valence-electron chi connectivity index (χ2n) is 4.42. The van der Waals surface area contributed by atoms with E-state index in [9.17, 15) is 15.0 Å². The summed E-state index contributed by atoms with van der Waals surface area (Å²) in [7, 11) is 1.40. The summed E-state index contributed by atoms with van der Waals surface area (Å²) in [6.07, 6.45) is 3.39. The number of amides is 1. The third kappa shape index (κ3) is 2.90. The van der Waals surface area contributed by atoms with Gasteiger partial charge in [0.15, 0.2) is 4.34 Å². The van der Waals surface area contributed by atoms with Crippen molar-refractivity contribution in [2.75, 3.05) is 18.7 Å². The van der Waals surface area contributed by atoms with Gasteiger partial charge in [0.25, 0.3) is 5.91 Å². The number of hydrogen-bond donors (Lipinski definition) is 3. The van der Waals surface area contributed by atoms with Crippen molar-refractivity contribution in [3.63, 3.8) is 0 Å². The van der Waals surface area contributed by atoms with Crippen LogP contribution in [0.1, 0.15) is 10.5 Å². The molecule has 0 aliphatic heterocycles. The minimum absolute atomic E-state index is 0.107. The summed E-state index contributed by atoms with van der Waals surface area (Å²) in [5.41, 5.74) is 0.0240. The Balaban J connectivity index is 1.86. The molecule has 0 atom stereocenters. The van der Waals surface area contributed by atoms with Crippen molar-refractivity contribution in [2.45, 2.75) is 4.34 Å². The van der Waals surface area contributed by atoms with E-state index in [1.807, 2.05) is 6.26 Å². The number of aromatic hydroxyl groups is 2. The SMILES string of the molecule is COc1cc(O)c(NC(=O)c2cn3nc(SC)sc3n2)c(O)c1. The van der Waals surface area contributed by atoms with E-state index in [-0.39, 0.29) is 28.6 Å². The van der Waals surface area contributed by atoms with E-state index in [0.29, 0.717) is 4.96 Å². The Labute approximate surface area is 138 Å². The maximum Gasteiger partial charge on any atom is 0.276 e. The summed E-state index contributed by atoms with van der Waals surface area (Å²) < 4.78 is 7.27. The largest absolute Gasteiger partial charge is 0.505 e. The van der Waals surface area contributed by atoms with E-state index in [0.717, 1.165) is 4.34 Å². The maximum absolute atomic E-state index is 12.2. The highest BCUT2D eigenvalue weighted by Crippen LogP contribution is 2.37. The van der Waals surface area contributed by atoms with Crippen LogP contribution in [0.4, 0.5) is 5.69 Å². The number of ether oxygens (including phenoxy) is 1. The Hall–Kier alpha value is -2.46. The van der Waals surface area contributed by atoms with Gasteiger partial charge in [-0.3, -0.25) is 4.79 Å². The number of phenolic OH excluding ortho intramolecular Hbond substituents is 2. The molecule has 1 aromatic carbocycles. The quantitative estimate of drug-likeness (QED) is 0.488. The van der Waals surface area contributed by atoms with Gasteiger partial charge in [0.2, 0.25) is 4.96 Å². The molecule has 2 heterocycles. The molecule has 23 heavy (non-hydrogen) atoms. The zero-order valence-corrected chi connectivity index (χ0v) is 13.7. The van der Waals surface area contributed by atoms with Crippen LogP contribution in [0, 0.1) is 0 Å². The van der Waals surface area contributed by atoms with Crippen molar-refractivity contribution in [2.24, 2.45) is 0 Å². The second-order valence-corrected chi connectivity index (χ2v) is 6.43. The molecule has 10 heteroatoms. The summed E-state index contributed by atoms with van der Waals surface area (Å²) in [4.78, 5) is 17.0. The number of phenols is 2. The lowest BCUT2D eigenvalue weighted by atomic mass is 10.2. The number of carbonyl (C=O) groups is 1. The number of imidazole rings is 1. The summed E-state index contributed by atoms with van der Waals surface area (Å²) in [6.45, 7) is 0. The summed E-state index contributed by atoms with van der Waals surface area (Å²) in [5, 5.41) is 26.4. The number of benzene rings is 1. The van der Waals surface area contributed by atoms with Crippen LogP contribution < -0.4 is 10.1 Å². The Morgan fingerprint density at radius 2 is 2.09 bits per heavy atom. The summed E-state index contributed by atoms with van der Waals surface area (Å²) in [5.74, 6) is -0.906. The van der Waals surface area contributed by atoms with Crippen LogP contribution in [-0.2, 0) is 0 Å². The molecule has 0 bridgehead atoms. The van der Waals surface area contributed by atoms with E-state index in [1.165, 1.54) is 53.1 Å². The first kappa shape index (κ1) is 15.4. The molecule has 0 aliphatic rings. The van der Waals surface area contributed by atoms with Gasteiger partial charge < -0.3 is 20.3 Å². The molecule has 3 N–H and O–H groups in total. The molecule has 0 spiro atoms. The lowest BCUT2D eigenvalue weighted by Gasteiger charge is -2.10. The number of carbonyl (C=O) groups excluding carboxylic acids is 1. The highest BCUT2D eigenvalue weighted by molar-refractivity contribution is 8.00. The predicted molar refractivity (Wildman–Crippen MR) is 86.9 cm³/mol. The van der Waals surface area contributed by atoms with Crippen LogP contribution >= 0.6 is 23.1 Å². The fraction of sp³-hybridized carbons (Fsp3) is 0.154. The third-order valence-electron chi connectivity index (χ3n) is 2.98. The van der Waals surface area contributed by atoms with Crippen LogP contribution in [0.15, 0.2) is 22.7 Å². The Morgan fingerprint density at radius 1 is 1.39 bits per heavy atom. The highest BCUT2D eigenvalue weighted by Gasteiger charge is 2.18. The summed E-state index contributed by atoms with van der Waals surface area (Å²) >= 11 is 2.85. The molecule has 2 aromatic heterocycles. The molecule has 0 unspecified atom stereocenters. The molecule has 120 valence electrons. The number of anilines is 1. The molecular weight excluding hydrogens is 340 g/mol. The molecule has 0 saturated carbocycles.